The van der Waals surface area contributed by atoms with Crippen LogP contribution in [-0.4, -0.2) is 46.2 Å². The molecule has 2 heterocycles. The van der Waals surface area contributed by atoms with Crippen molar-refractivity contribution in [2.45, 2.75) is 103 Å². The molecule has 0 saturated carbocycles. The van der Waals surface area contributed by atoms with E-state index in [1.54, 1.807) is 4.90 Å². The maximum Gasteiger partial charge on any atom is 0.307 e. The standard InChI is InChI=1S/C38H52N2O4S/c1-3-5-6-7-8-9-10-11-12-13-14-15-16-17-18-19-37(41)44-31-40-30-36(45-38(40)42)28-33-21-24-35(25-22-33)43-27-26-34-23-20-32(4-2)29-39-34/h5-6,8-9,11-12,20-25,29,36H,3-4,7,10,13-19,26-28,30-31H2,1-2H3. The Balaban J connectivity index is 1.20. The van der Waals surface area contributed by atoms with Gasteiger partial charge in [-0.25, -0.2) is 0 Å². The van der Waals surface area contributed by atoms with E-state index in [-0.39, 0.29) is 23.2 Å². The van der Waals surface area contributed by atoms with Crippen LogP contribution >= 0.6 is 11.8 Å². The molecule has 1 amide bonds. The number of hydrogen-bond donors (Lipinski definition) is 0. The molecule has 244 valence electrons. The number of allylic oxidation sites excluding steroid dienone is 6. The fourth-order valence-corrected chi connectivity index (χ4v) is 6.06. The van der Waals surface area contributed by atoms with Gasteiger partial charge in [0.2, 0.25) is 0 Å². The van der Waals surface area contributed by atoms with Crippen LogP contribution in [0.5, 0.6) is 5.75 Å². The van der Waals surface area contributed by atoms with Crippen molar-refractivity contribution in [3.8, 4) is 5.75 Å². The number of nitrogens with zero attached hydrogens (tertiary/aromatic N) is 2. The highest BCUT2D eigenvalue weighted by Crippen LogP contribution is 2.28. The summed E-state index contributed by atoms with van der Waals surface area (Å²) in [5.41, 5.74) is 3.42. The van der Waals surface area contributed by atoms with Crippen molar-refractivity contribution in [2.75, 3.05) is 19.9 Å². The number of carbonyl (C=O) groups is 2. The summed E-state index contributed by atoms with van der Waals surface area (Å²) in [4.78, 5) is 30.8. The van der Waals surface area contributed by atoms with E-state index in [2.05, 4.69) is 79.6 Å². The van der Waals surface area contributed by atoms with Gasteiger partial charge in [-0.15, -0.1) is 0 Å². The first kappa shape index (κ1) is 36.2. The summed E-state index contributed by atoms with van der Waals surface area (Å²) in [7, 11) is 0. The van der Waals surface area contributed by atoms with Gasteiger partial charge in [0.05, 0.1) is 6.61 Å². The predicted octanol–water partition coefficient (Wildman–Crippen LogP) is 9.44. The minimum absolute atomic E-state index is 0.0254. The van der Waals surface area contributed by atoms with Crippen LogP contribution in [0.25, 0.3) is 0 Å². The number of hydrogen-bond acceptors (Lipinski definition) is 6. The maximum atomic E-state index is 12.5. The quantitative estimate of drug-likeness (QED) is 0.0732. The second-order valence-electron chi connectivity index (χ2n) is 11.4. The van der Waals surface area contributed by atoms with E-state index < -0.39 is 0 Å². The molecule has 1 fully saturated rings. The zero-order valence-electron chi connectivity index (χ0n) is 27.3. The number of aryl methyl sites for hydroxylation is 1. The molecular formula is C38H52N2O4S. The number of carbonyl (C=O) groups excluding carboxylic acids is 2. The monoisotopic (exact) mass is 632 g/mol. The van der Waals surface area contributed by atoms with Crippen molar-refractivity contribution in [3.63, 3.8) is 0 Å². The van der Waals surface area contributed by atoms with Crippen molar-refractivity contribution in [1.82, 2.24) is 9.88 Å². The van der Waals surface area contributed by atoms with Gasteiger partial charge in [-0.05, 0) is 80.7 Å². The third-order valence-electron chi connectivity index (χ3n) is 7.67. The van der Waals surface area contributed by atoms with E-state index in [4.69, 9.17) is 9.47 Å². The van der Waals surface area contributed by atoms with E-state index in [1.165, 1.54) is 30.2 Å². The molecule has 3 rings (SSSR count). The average Bonchev–Trinajstić information content (AvgIpc) is 3.41. The lowest BCUT2D eigenvalue weighted by atomic mass is 10.1. The summed E-state index contributed by atoms with van der Waals surface area (Å²) in [6, 6.07) is 12.3. The van der Waals surface area contributed by atoms with E-state index in [9.17, 15) is 9.59 Å². The highest BCUT2D eigenvalue weighted by atomic mass is 32.2. The highest BCUT2D eigenvalue weighted by molar-refractivity contribution is 8.14. The molecule has 1 atom stereocenters. The largest absolute Gasteiger partial charge is 0.493 e. The predicted molar refractivity (Wildman–Crippen MR) is 187 cm³/mol. The van der Waals surface area contributed by atoms with Crippen molar-refractivity contribution in [1.29, 1.82) is 0 Å². The number of rotatable bonds is 22. The van der Waals surface area contributed by atoms with Crippen molar-refractivity contribution < 1.29 is 19.1 Å². The molecule has 0 aliphatic carbocycles. The molecule has 1 aliphatic rings. The van der Waals surface area contributed by atoms with Crippen LogP contribution in [0, 0.1) is 0 Å². The smallest absolute Gasteiger partial charge is 0.307 e. The Hall–Kier alpha value is -3.32. The van der Waals surface area contributed by atoms with Crippen LogP contribution < -0.4 is 4.74 Å². The van der Waals surface area contributed by atoms with Crippen LogP contribution in [-0.2, 0) is 28.8 Å². The number of thioether (sulfide) groups is 1. The number of benzene rings is 1. The van der Waals surface area contributed by atoms with Gasteiger partial charge >= 0.3 is 5.97 Å². The Labute approximate surface area is 275 Å². The van der Waals surface area contributed by atoms with Crippen LogP contribution in [0.4, 0.5) is 4.79 Å². The zero-order valence-corrected chi connectivity index (χ0v) is 28.1. The summed E-state index contributed by atoms with van der Waals surface area (Å²) in [5, 5.41) is 0.113. The lowest BCUT2D eigenvalue weighted by Gasteiger charge is -2.15. The van der Waals surface area contributed by atoms with E-state index >= 15 is 0 Å². The van der Waals surface area contributed by atoms with Gasteiger partial charge in [-0.1, -0.05) is 99.5 Å². The summed E-state index contributed by atoms with van der Waals surface area (Å²) in [5.74, 6) is 0.608. The molecule has 0 radical (unpaired) electrons. The summed E-state index contributed by atoms with van der Waals surface area (Å²) in [6.07, 6.45) is 27.8. The fourth-order valence-electron chi connectivity index (χ4n) is 4.97. The summed E-state index contributed by atoms with van der Waals surface area (Å²) in [6.45, 7) is 5.48. The van der Waals surface area contributed by atoms with E-state index in [0.29, 0.717) is 19.6 Å². The molecule has 1 aromatic heterocycles. The first-order valence-corrected chi connectivity index (χ1v) is 17.7. The molecular weight excluding hydrogens is 580 g/mol. The third-order valence-corrected chi connectivity index (χ3v) is 8.78. The minimum Gasteiger partial charge on any atom is -0.493 e. The first-order valence-electron chi connectivity index (χ1n) is 16.8. The van der Waals surface area contributed by atoms with E-state index in [0.717, 1.165) is 81.2 Å². The molecule has 1 aliphatic heterocycles. The molecule has 45 heavy (non-hydrogen) atoms. The minimum atomic E-state index is -0.221. The molecule has 0 bridgehead atoms. The van der Waals surface area contributed by atoms with Gasteiger partial charge < -0.3 is 9.47 Å². The second kappa shape index (κ2) is 22.2. The Kier molecular flexibility index (Phi) is 17.9. The van der Waals surface area contributed by atoms with Crippen molar-refractivity contribution in [3.05, 3.63) is 95.9 Å². The second-order valence-corrected chi connectivity index (χ2v) is 12.7. The zero-order chi connectivity index (χ0) is 32.0. The Morgan fingerprint density at radius 3 is 2.36 bits per heavy atom. The lowest BCUT2D eigenvalue weighted by molar-refractivity contribution is -0.147. The number of ether oxygens (including phenoxy) is 2. The number of amides is 1. The number of unbranched alkanes of at least 4 members (excludes halogenated alkanes) is 5. The Morgan fingerprint density at radius 2 is 1.62 bits per heavy atom. The topological polar surface area (TPSA) is 68.7 Å². The first-order chi connectivity index (χ1) is 22.1. The molecule has 0 spiro atoms. The van der Waals surface area contributed by atoms with Crippen molar-refractivity contribution >= 4 is 23.0 Å². The maximum absolute atomic E-state index is 12.5. The normalized spacial score (nSPS) is 15.2. The SMILES string of the molecule is CCC=CCC=CCC=CCCCCCCCC(=O)OCN1CC(Cc2ccc(OCCc3ccc(CC)cn3)cc2)SC1=O. The van der Waals surface area contributed by atoms with Gasteiger partial charge in [0, 0.05) is 36.5 Å². The van der Waals surface area contributed by atoms with Crippen molar-refractivity contribution in [2.24, 2.45) is 0 Å². The Morgan fingerprint density at radius 1 is 0.911 bits per heavy atom. The highest BCUT2D eigenvalue weighted by Gasteiger charge is 2.31. The fraction of sp³-hybridized carbons (Fsp3) is 0.500. The molecule has 1 saturated heterocycles. The van der Waals surface area contributed by atoms with Gasteiger partial charge in [0.25, 0.3) is 5.24 Å². The van der Waals surface area contributed by atoms with Gasteiger partial charge in [-0.2, -0.15) is 0 Å². The summed E-state index contributed by atoms with van der Waals surface area (Å²) < 4.78 is 11.3. The number of pyridine rings is 1. The van der Waals surface area contributed by atoms with Gasteiger partial charge in [0.15, 0.2) is 6.73 Å². The average molecular weight is 633 g/mol. The summed E-state index contributed by atoms with van der Waals surface area (Å²) >= 11 is 1.32. The Bertz CT molecular complexity index is 1210. The third kappa shape index (κ3) is 15.5. The van der Waals surface area contributed by atoms with Crippen LogP contribution in [0.1, 0.15) is 94.9 Å². The number of esters is 1. The molecule has 1 unspecified atom stereocenters. The van der Waals surface area contributed by atoms with Crippen LogP contribution in [0.3, 0.4) is 0 Å². The van der Waals surface area contributed by atoms with E-state index in [1.807, 2.05) is 18.3 Å². The number of aromatic nitrogens is 1. The molecule has 2 aromatic rings. The molecule has 0 N–H and O–H groups in total. The molecule has 6 nitrogen and oxygen atoms in total. The van der Waals surface area contributed by atoms with Gasteiger partial charge in [-0.3, -0.25) is 19.5 Å². The molecule has 1 aromatic carbocycles. The van der Waals surface area contributed by atoms with Crippen LogP contribution in [0.15, 0.2) is 79.1 Å². The van der Waals surface area contributed by atoms with Gasteiger partial charge in [0.1, 0.15) is 5.75 Å². The van der Waals surface area contributed by atoms with Crippen LogP contribution in [0.2, 0.25) is 0 Å². The lowest BCUT2D eigenvalue weighted by Crippen LogP contribution is -2.29. The molecule has 7 heteroatoms.